The molecule has 1 aromatic heterocycles. The molecule has 0 atom stereocenters. The van der Waals surface area contributed by atoms with Gasteiger partial charge in [0.15, 0.2) is 5.78 Å². The summed E-state index contributed by atoms with van der Waals surface area (Å²) in [5.41, 5.74) is 0.687. The van der Waals surface area contributed by atoms with E-state index in [1.165, 1.54) is 0 Å². The first kappa shape index (κ1) is 13.6. The molecule has 0 saturated carbocycles. The number of pyridine rings is 1. The van der Waals surface area contributed by atoms with Crippen molar-refractivity contribution >= 4 is 11.6 Å². The van der Waals surface area contributed by atoms with Crippen molar-refractivity contribution in [2.24, 2.45) is 0 Å². The van der Waals surface area contributed by atoms with Crippen LogP contribution in [-0.4, -0.2) is 37.1 Å². The van der Waals surface area contributed by atoms with Crippen LogP contribution >= 0.6 is 0 Å². The van der Waals surface area contributed by atoms with E-state index < -0.39 is 0 Å². The summed E-state index contributed by atoms with van der Waals surface area (Å²) in [4.78, 5) is 17.5. The van der Waals surface area contributed by atoms with E-state index in [1.807, 2.05) is 25.8 Å². The van der Waals surface area contributed by atoms with Crippen molar-refractivity contribution in [3.63, 3.8) is 0 Å². The molecule has 0 radical (unpaired) electrons. The first-order valence-corrected chi connectivity index (χ1v) is 5.80. The van der Waals surface area contributed by atoms with Gasteiger partial charge in [0.25, 0.3) is 0 Å². The number of ketones is 1. The van der Waals surface area contributed by atoms with Crippen molar-refractivity contribution in [2.45, 2.75) is 26.9 Å². The van der Waals surface area contributed by atoms with E-state index in [0.717, 1.165) is 12.4 Å². The quantitative estimate of drug-likeness (QED) is 0.710. The number of hydrogen-bond acceptors (Lipinski definition) is 4. The van der Waals surface area contributed by atoms with Gasteiger partial charge >= 0.3 is 0 Å². The Morgan fingerprint density at radius 3 is 2.82 bits per heavy atom. The molecule has 0 aliphatic rings. The zero-order valence-corrected chi connectivity index (χ0v) is 10.9. The van der Waals surface area contributed by atoms with Gasteiger partial charge in [-0.2, -0.15) is 0 Å². The summed E-state index contributed by atoms with van der Waals surface area (Å²) in [5, 5.41) is 0. The molecule has 17 heavy (non-hydrogen) atoms. The van der Waals surface area contributed by atoms with Gasteiger partial charge < -0.3 is 9.64 Å². The van der Waals surface area contributed by atoms with E-state index in [2.05, 4.69) is 4.98 Å². The smallest absolute Gasteiger partial charge is 0.159 e. The number of anilines is 1. The minimum atomic E-state index is 0.0560. The second-order valence-corrected chi connectivity index (χ2v) is 4.30. The maximum atomic E-state index is 11.3. The van der Waals surface area contributed by atoms with Crippen LogP contribution in [0.4, 0.5) is 5.82 Å². The molecule has 4 nitrogen and oxygen atoms in total. The molecule has 0 aliphatic heterocycles. The third kappa shape index (κ3) is 4.53. The van der Waals surface area contributed by atoms with Crippen molar-refractivity contribution in [3.8, 4) is 0 Å². The molecule has 1 aromatic rings. The van der Waals surface area contributed by atoms with Crippen LogP contribution in [0.5, 0.6) is 0 Å². The van der Waals surface area contributed by atoms with Crippen LogP contribution in [0.25, 0.3) is 0 Å². The number of likely N-dealkylation sites (N-methyl/N-ethyl adjacent to an activating group) is 1. The van der Waals surface area contributed by atoms with Crippen LogP contribution in [-0.2, 0) is 4.74 Å². The first-order chi connectivity index (χ1) is 8.00. The van der Waals surface area contributed by atoms with Gasteiger partial charge in [0, 0.05) is 25.4 Å². The Kier molecular flexibility index (Phi) is 5.10. The Labute approximate surface area is 103 Å². The highest BCUT2D eigenvalue weighted by Crippen LogP contribution is 2.11. The van der Waals surface area contributed by atoms with E-state index >= 15 is 0 Å². The number of carbonyl (C=O) groups is 1. The summed E-state index contributed by atoms with van der Waals surface area (Å²) < 4.78 is 5.48. The lowest BCUT2D eigenvalue weighted by molar-refractivity contribution is 0.0845. The third-order valence-corrected chi connectivity index (χ3v) is 2.42. The zero-order valence-electron chi connectivity index (χ0n) is 10.9. The molecule has 0 spiro atoms. The summed E-state index contributed by atoms with van der Waals surface area (Å²) in [6, 6.07) is 3.53. The normalized spacial score (nSPS) is 10.6. The van der Waals surface area contributed by atoms with Crippen LogP contribution < -0.4 is 4.90 Å². The number of aromatic nitrogens is 1. The summed E-state index contributed by atoms with van der Waals surface area (Å²) in [6.45, 7) is 6.98. The Hall–Kier alpha value is -1.42. The molecule has 1 heterocycles. The third-order valence-electron chi connectivity index (χ3n) is 2.42. The van der Waals surface area contributed by atoms with Gasteiger partial charge in [-0.1, -0.05) is 0 Å². The number of carbonyl (C=O) groups excluding carboxylic acids is 1. The van der Waals surface area contributed by atoms with Gasteiger partial charge in [-0.05, 0) is 32.9 Å². The number of ether oxygens (including phenoxy) is 1. The highest BCUT2D eigenvalue weighted by molar-refractivity contribution is 5.94. The maximum absolute atomic E-state index is 11.3. The van der Waals surface area contributed by atoms with Crippen molar-refractivity contribution in [3.05, 3.63) is 23.9 Å². The Morgan fingerprint density at radius 2 is 2.24 bits per heavy atom. The Bertz CT molecular complexity index is 377. The standard InChI is InChI=1S/C13H20N2O2/c1-10(2)17-8-7-15(4)13-9-12(11(3)16)5-6-14-13/h5-6,9-10H,7-8H2,1-4H3. The van der Waals surface area contributed by atoms with E-state index in [1.54, 1.807) is 25.3 Å². The highest BCUT2D eigenvalue weighted by Gasteiger charge is 2.06. The van der Waals surface area contributed by atoms with Gasteiger partial charge in [0.05, 0.1) is 12.7 Å². The summed E-state index contributed by atoms with van der Waals surface area (Å²) in [5.74, 6) is 0.852. The number of rotatable bonds is 6. The zero-order chi connectivity index (χ0) is 12.8. The van der Waals surface area contributed by atoms with Gasteiger partial charge in [0.1, 0.15) is 5.82 Å². The molecule has 0 amide bonds. The Morgan fingerprint density at radius 1 is 1.53 bits per heavy atom. The SMILES string of the molecule is CC(=O)c1ccnc(N(C)CCOC(C)C)c1. The van der Waals surface area contributed by atoms with Gasteiger partial charge in [-0.25, -0.2) is 4.98 Å². The fourth-order valence-corrected chi connectivity index (χ4v) is 1.39. The fourth-order valence-electron chi connectivity index (χ4n) is 1.39. The van der Waals surface area contributed by atoms with Crippen molar-refractivity contribution in [1.29, 1.82) is 0 Å². The number of hydrogen-bond donors (Lipinski definition) is 0. The highest BCUT2D eigenvalue weighted by atomic mass is 16.5. The van der Waals surface area contributed by atoms with E-state index in [0.29, 0.717) is 12.2 Å². The molecule has 0 aromatic carbocycles. The lowest BCUT2D eigenvalue weighted by Gasteiger charge is -2.19. The maximum Gasteiger partial charge on any atom is 0.159 e. The van der Waals surface area contributed by atoms with E-state index in [4.69, 9.17) is 4.74 Å². The average Bonchev–Trinajstić information content (AvgIpc) is 2.28. The predicted molar refractivity (Wildman–Crippen MR) is 68.6 cm³/mol. The van der Waals surface area contributed by atoms with Gasteiger partial charge in [0.2, 0.25) is 0 Å². The molecule has 0 aliphatic carbocycles. The molecular weight excluding hydrogens is 216 g/mol. The monoisotopic (exact) mass is 236 g/mol. The molecule has 94 valence electrons. The van der Waals surface area contributed by atoms with Crippen LogP contribution in [0.2, 0.25) is 0 Å². The second kappa shape index (κ2) is 6.35. The molecule has 0 N–H and O–H groups in total. The van der Waals surface area contributed by atoms with Gasteiger partial charge in [-0.15, -0.1) is 0 Å². The summed E-state index contributed by atoms with van der Waals surface area (Å²) in [7, 11) is 1.94. The van der Waals surface area contributed by atoms with Crippen LogP contribution in [0, 0.1) is 0 Å². The van der Waals surface area contributed by atoms with Crippen LogP contribution in [0.1, 0.15) is 31.1 Å². The fraction of sp³-hybridized carbons (Fsp3) is 0.538. The van der Waals surface area contributed by atoms with Gasteiger partial charge in [-0.3, -0.25) is 4.79 Å². The van der Waals surface area contributed by atoms with E-state index in [9.17, 15) is 4.79 Å². The van der Waals surface area contributed by atoms with E-state index in [-0.39, 0.29) is 11.9 Å². The average molecular weight is 236 g/mol. The minimum absolute atomic E-state index is 0.0560. The number of Topliss-reactive ketones (excluding diaryl/α,β-unsaturated/α-hetero) is 1. The summed E-state index contributed by atoms with van der Waals surface area (Å²) in [6.07, 6.45) is 1.89. The van der Waals surface area contributed by atoms with Crippen LogP contribution in [0.15, 0.2) is 18.3 Å². The molecule has 1 rings (SSSR count). The second-order valence-electron chi connectivity index (χ2n) is 4.30. The lowest BCUT2D eigenvalue weighted by atomic mass is 10.2. The molecule has 4 heteroatoms. The molecule has 0 fully saturated rings. The largest absolute Gasteiger partial charge is 0.377 e. The predicted octanol–water partition coefficient (Wildman–Crippen LogP) is 2.15. The van der Waals surface area contributed by atoms with Crippen LogP contribution in [0.3, 0.4) is 0 Å². The topological polar surface area (TPSA) is 42.4 Å². The molecular formula is C13H20N2O2. The molecule has 0 saturated heterocycles. The summed E-state index contributed by atoms with van der Waals surface area (Å²) >= 11 is 0. The van der Waals surface area contributed by atoms with Crippen molar-refractivity contribution < 1.29 is 9.53 Å². The number of nitrogens with zero attached hydrogens (tertiary/aromatic N) is 2. The molecule has 0 unspecified atom stereocenters. The minimum Gasteiger partial charge on any atom is -0.377 e. The lowest BCUT2D eigenvalue weighted by Crippen LogP contribution is -2.24. The molecule has 0 bridgehead atoms. The van der Waals surface area contributed by atoms with Crippen molar-refractivity contribution in [2.75, 3.05) is 25.1 Å². The Balaban J connectivity index is 2.59. The first-order valence-electron chi connectivity index (χ1n) is 5.80. The van der Waals surface area contributed by atoms with Crippen molar-refractivity contribution in [1.82, 2.24) is 4.98 Å².